The first-order valence-corrected chi connectivity index (χ1v) is 6.00. The van der Waals surface area contributed by atoms with E-state index in [1.165, 1.54) is 0 Å². The summed E-state index contributed by atoms with van der Waals surface area (Å²) in [7, 11) is 0. The van der Waals surface area contributed by atoms with Crippen LogP contribution in [0.1, 0.15) is 5.56 Å². The second-order valence-corrected chi connectivity index (χ2v) is 4.57. The molecule has 17 heavy (non-hydrogen) atoms. The number of nitrogens with two attached hydrogens (primary N) is 1. The van der Waals surface area contributed by atoms with Crippen LogP contribution in [0.4, 0.5) is 0 Å². The van der Waals surface area contributed by atoms with E-state index in [4.69, 9.17) is 22.1 Å². The summed E-state index contributed by atoms with van der Waals surface area (Å²) in [5.41, 5.74) is 6.39. The minimum absolute atomic E-state index is 0.268. The van der Waals surface area contributed by atoms with Crippen molar-refractivity contribution in [2.24, 2.45) is 5.73 Å². The van der Waals surface area contributed by atoms with Crippen LogP contribution >= 0.6 is 27.5 Å². The number of hydrogen-bond acceptors (Lipinski definition) is 4. The Labute approximate surface area is 112 Å². The zero-order chi connectivity index (χ0) is 12.3. The molecule has 0 saturated heterocycles. The van der Waals surface area contributed by atoms with Crippen LogP contribution in [0.5, 0.6) is 11.8 Å². The van der Waals surface area contributed by atoms with Crippen LogP contribution in [0.2, 0.25) is 5.02 Å². The third-order valence-corrected chi connectivity index (χ3v) is 2.81. The molecule has 4 nitrogen and oxygen atoms in total. The monoisotopic (exact) mass is 313 g/mol. The average Bonchev–Trinajstić information content (AvgIpc) is 2.32. The van der Waals surface area contributed by atoms with Gasteiger partial charge >= 0.3 is 6.01 Å². The van der Waals surface area contributed by atoms with Gasteiger partial charge in [-0.1, -0.05) is 17.7 Å². The molecule has 0 unspecified atom stereocenters. The molecule has 2 N–H and O–H groups in total. The Morgan fingerprint density at radius 1 is 1.29 bits per heavy atom. The van der Waals surface area contributed by atoms with Crippen LogP contribution in [0.25, 0.3) is 0 Å². The van der Waals surface area contributed by atoms with Gasteiger partial charge in [-0.05, 0) is 33.6 Å². The smallest absolute Gasteiger partial charge is 0.321 e. The maximum atomic E-state index is 6.01. The zero-order valence-corrected chi connectivity index (χ0v) is 11.1. The summed E-state index contributed by atoms with van der Waals surface area (Å²) >= 11 is 9.26. The molecule has 0 aliphatic rings. The normalized spacial score (nSPS) is 10.3. The summed E-state index contributed by atoms with van der Waals surface area (Å²) in [4.78, 5) is 8.00. The molecule has 2 rings (SSSR count). The molecule has 1 aromatic carbocycles. The molecule has 0 aliphatic carbocycles. The standard InChI is InChI=1S/C11H9BrClN3O/c12-8-5-15-11(16-6-8)17-9-2-1-7(4-14)10(13)3-9/h1-3,5-6H,4,14H2. The maximum Gasteiger partial charge on any atom is 0.321 e. The van der Waals surface area contributed by atoms with Crippen LogP contribution < -0.4 is 10.5 Å². The van der Waals surface area contributed by atoms with E-state index in [9.17, 15) is 0 Å². The fourth-order valence-electron chi connectivity index (χ4n) is 1.22. The minimum Gasteiger partial charge on any atom is -0.424 e. The van der Waals surface area contributed by atoms with E-state index in [1.54, 1.807) is 24.5 Å². The lowest BCUT2D eigenvalue weighted by molar-refractivity contribution is 0.441. The van der Waals surface area contributed by atoms with Crippen molar-refractivity contribution in [1.82, 2.24) is 9.97 Å². The van der Waals surface area contributed by atoms with Crippen molar-refractivity contribution in [3.05, 3.63) is 45.7 Å². The van der Waals surface area contributed by atoms with Crippen LogP contribution in [0, 0.1) is 0 Å². The molecule has 6 heteroatoms. The lowest BCUT2D eigenvalue weighted by Gasteiger charge is -2.06. The van der Waals surface area contributed by atoms with Crippen LogP contribution in [-0.2, 0) is 6.54 Å². The largest absolute Gasteiger partial charge is 0.424 e. The van der Waals surface area contributed by atoms with Gasteiger partial charge in [0.15, 0.2) is 0 Å². The highest BCUT2D eigenvalue weighted by Gasteiger charge is 2.04. The van der Waals surface area contributed by atoms with E-state index >= 15 is 0 Å². The van der Waals surface area contributed by atoms with E-state index < -0.39 is 0 Å². The summed E-state index contributed by atoms with van der Waals surface area (Å²) in [5.74, 6) is 0.578. The molecule has 0 fully saturated rings. The molecule has 0 radical (unpaired) electrons. The Morgan fingerprint density at radius 2 is 2.00 bits per heavy atom. The van der Waals surface area contributed by atoms with E-state index in [-0.39, 0.29) is 6.01 Å². The highest BCUT2D eigenvalue weighted by molar-refractivity contribution is 9.10. The van der Waals surface area contributed by atoms with Gasteiger partial charge in [0.05, 0.1) is 4.47 Å². The molecule has 0 saturated carbocycles. The summed E-state index contributed by atoms with van der Waals surface area (Å²) < 4.78 is 6.24. The van der Waals surface area contributed by atoms with E-state index in [1.807, 2.05) is 6.07 Å². The summed E-state index contributed by atoms with van der Waals surface area (Å²) in [5, 5.41) is 0.571. The molecular weight excluding hydrogens is 305 g/mol. The third kappa shape index (κ3) is 3.15. The summed E-state index contributed by atoms with van der Waals surface area (Å²) in [6, 6.07) is 5.55. The molecule has 2 aromatic rings. The highest BCUT2D eigenvalue weighted by Crippen LogP contribution is 2.25. The third-order valence-electron chi connectivity index (χ3n) is 2.05. The number of rotatable bonds is 3. The number of ether oxygens (including phenoxy) is 1. The summed E-state index contributed by atoms with van der Waals surface area (Å²) in [6.07, 6.45) is 3.22. The van der Waals surface area contributed by atoms with E-state index in [0.717, 1.165) is 10.0 Å². The molecule has 1 aromatic heterocycles. The molecule has 0 spiro atoms. The molecular formula is C11H9BrClN3O. The van der Waals surface area contributed by atoms with Gasteiger partial charge in [-0.15, -0.1) is 0 Å². The Bertz CT molecular complexity index is 519. The van der Waals surface area contributed by atoms with Crippen molar-refractivity contribution < 1.29 is 4.74 Å². The predicted molar refractivity (Wildman–Crippen MR) is 69.1 cm³/mol. The molecule has 0 atom stereocenters. The summed E-state index contributed by atoms with van der Waals surface area (Å²) in [6.45, 7) is 0.397. The van der Waals surface area contributed by atoms with Gasteiger partial charge in [-0.2, -0.15) is 0 Å². The number of nitrogens with zero attached hydrogens (tertiary/aromatic N) is 2. The van der Waals surface area contributed by atoms with Crippen molar-refractivity contribution in [3.8, 4) is 11.8 Å². The van der Waals surface area contributed by atoms with E-state index in [0.29, 0.717) is 17.3 Å². The number of hydrogen-bond donors (Lipinski definition) is 1. The number of halogens is 2. The second-order valence-electron chi connectivity index (χ2n) is 3.24. The van der Waals surface area contributed by atoms with Crippen molar-refractivity contribution >= 4 is 27.5 Å². The van der Waals surface area contributed by atoms with Crippen LogP contribution in [-0.4, -0.2) is 9.97 Å². The van der Waals surface area contributed by atoms with Gasteiger partial charge in [0.25, 0.3) is 0 Å². The van der Waals surface area contributed by atoms with Gasteiger partial charge < -0.3 is 10.5 Å². The maximum absolute atomic E-state index is 6.01. The quantitative estimate of drug-likeness (QED) is 0.945. The van der Waals surface area contributed by atoms with E-state index in [2.05, 4.69) is 25.9 Å². The number of benzene rings is 1. The lowest BCUT2D eigenvalue weighted by atomic mass is 10.2. The predicted octanol–water partition coefficient (Wildman–Crippen LogP) is 3.14. The Morgan fingerprint density at radius 3 is 2.59 bits per heavy atom. The first-order valence-electron chi connectivity index (χ1n) is 4.83. The van der Waals surface area contributed by atoms with Gasteiger partial charge in [0.1, 0.15) is 5.75 Å². The Balaban J connectivity index is 2.19. The molecule has 88 valence electrons. The topological polar surface area (TPSA) is 61.0 Å². The SMILES string of the molecule is NCc1ccc(Oc2ncc(Br)cn2)cc1Cl. The molecule has 0 amide bonds. The molecule has 0 bridgehead atoms. The number of aromatic nitrogens is 2. The van der Waals surface area contributed by atoms with Crippen molar-refractivity contribution in [3.63, 3.8) is 0 Å². The first kappa shape index (κ1) is 12.3. The molecule has 0 aliphatic heterocycles. The minimum atomic E-state index is 0.268. The zero-order valence-electron chi connectivity index (χ0n) is 8.73. The fourth-order valence-corrected chi connectivity index (χ4v) is 1.67. The van der Waals surface area contributed by atoms with Gasteiger partial charge in [-0.3, -0.25) is 0 Å². The highest BCUT2D eigenvalue weighted by atomic mass is 79.9. The van der Waals surface area contributed by atoms with Crippen LogP contribution in [0.15, 0.2) is 35.1 Å². The van der Waals surface area contributed by atoms with Gasteiger partial charge in [0.2, 0.25) is 0 Å². The molecule has 1 heterocycles. The first-order chi connectivity index (χ1) is 8.19. The van der Waals surface area contributed by atoms with Gasteiger partial charge in [0, 0.05) is 24.0 Å². The van der Waals surface area contributed by atoms with Crippen molar-refractivity contribution in [2.75, 3.05) is 0 Å². The average molecular weight is 315 g/mol. The second kappa shape index (κ2) is 5.44. The fraction of sp³-hybridized carbons (Fsp3) is 0.0909. The van der Waals surface area contributed by atoms with Crippen molar-refractivity contribution in [1.29, 1.82) is 0 Å². The van der Waals surface area contributed by atoms with Crippen molar-refractivity contribution in [2.45, 2.75) is 6.54 Å². The van der Waals surface area contributed by atoms with Crippen LogP contribution in [0.3, 0.4) is 0 Å². The Kier molecular flexibility index (Phi) is 3.93. The lowest BCUT2D eigenvalue weighted by Crippen LogP contribution is -1.97. The Hall–Kier alpha value is -1.17. The van der Waals surface area contributed by atoms with Gasteiger partial charge in [-0.25, -0.2) is 9.97 Å².